The normalized spacial score (nSPS) is 20.2. The van der Waals surface area contributed by atoms with E-state index in [4.69, 9.17) is 10.2 Å². The predicted molar refractivity (Wildman–Crippen MR) is 136 cm³/mol. The van der Waals surface area contributed by atoms with E-state index in [9.17, 15) is 4.79 Å². The molecule has 0 spiro atoms. The molecule has 1 aliphatic rings. The van der Waals surface area contributed by atoms with Gasteiger partial charge in [-0.25, -0.2) is 0 Å². The van der Waals surface area contributed by atoms with Crippen molar-refractivity contribution < 1.29 is 0 Å². The first-order chi connectivity index (χ1) is 16.3. The van der Waals surface area contributed by atoms with Gasteiger partial charge in [0, 0.05) is 49.2 Å². The molecule has 176 valence electrons. The molecule has 0 radical (unpaired) electrons. The van der Waals surface area contributed by atoms with E-state index in [0.717, 1.165) is 41.0 Å². The third-order valence-corrected chi connectivity index (χ3v) is 7.96. The van der Waals surface area contributed by atoms with Crippen molar-refractivity contribution in [2.24, 2.45) is 7.05 Å². The molecule has 0 bridgehead atoms. The first kappa shape index (κ1) is 22.6. The molecule has 5 rings (SSSR count). The van der Waals surface area contributed by atoms with Gasteiger partial charge in [-0.15, -0.1) is 11.3 Å². The number of hydrogen-bond acceptors (Lipinski definition) is 7. The Labute approximate surface area is 202 Å². The van der Waals surface area contributed by atoms with Crippen LogP contribution in [0.3, 0.4) is 0 Å². The van der Waals surface area contributed by atoms with Gasteiger partial charge in [0.2, 0.25) is 0 Å². The van der Waals surface area contributed by atoms with Gasteiger partial charge in [0.25, 0.3) is 5.56 Å². The molecule has 0 amide bonds. The summed E-state index contributed by atoms with van der Waals surface area (Å²) < 4.78 is 4.43. The van der Waals surface area contributed by atoms with E-state index in [1.54, 1.807) is 39.9 Å². The molecule has 0 aromatic carbocycles. The molecule has 4 aromatic heterocycles. The largest absolute Gasteiger partial charge is 0.364 e. The van der Waals surface area contributed by atoms with Crippen LogP contribution in [0.15, 0.2) is 35.3 Å². The minimum atomic E-state index is -0.0711. The van der Waals surface area contributed by atoms with Crippen molar-refractivity contribution in [1.29, 1.82) is 5.26 Å². The number of pyridine rings is 2. The van der Waals surface area contributed by atoms with Crippen LogP contribution in [0.25, 0.3) is 21.3 Å². The molecule has 34 heavy (non-hydrogen) atoms. The number of rotatable bonds is 4. The van der Waals surface area contributed by atoms with Crippen molar-refractivity contribution in [3.8, 4) is 6.07 Å². The van der Waals surface area contributed by atoms with Gasteiger partial charge in [-0.1, -0.05) is 0 Å². The number of thiophene rings is 1. The zero-order valence-corrected chi connectivity index (χ0v) is 21.0. The van der Waals surface area contributed by atoms with Gasteiger partial charge in [-0.05, 0) is 45.9 Å². The standard InChI is InChI=1S/C25H29N7OS/c1-15-13-32(21-11-24(33)29(5)22-14-30(9-8-26)28-25(21)22)16(2)12-31(15)18(4)19-6-7-23-20(27-19)10-17(3)34-23/h6-7,10-11,14-16,18H,9,12-13H2,1-5H3/t15-,16+,18-/m1/s1. The van der Waals surface area contributed by atoms with Crippen LogP contribution in [-0.2, 0) is 13.6 Å². The average Bonchev–Trinajstić information content (AvgIpc) is 3.39. The van der Waals surface area contributed by atoms with Crippen molar-refractivity contribution in [1.82, 2.24) is 24.2 Å². The Morgan fingerprint density at radius 1 is 1.24 bits per heavy atom. The Morgan fingerprint density at radius 2 is 2.03 bits per heavy atom. The van der Waals surface area contributed by atoms with E-state index in [-0.39, 0.29) is 30.2 Å². The molecule has 0 N–H and O–H groups in total. The molecule has 5 heterocycles. The fourth-order valence-electron chi connectivity index (χ4n) is 5.11. The second-order valence-corrected chi connectivity index (χ2v) is 10.6. The summed E-state index contributed by atoms with van der Waals surface area (Å²) in [5, 5.41) is 13.7. The van der Waals surface area contributed by atoms with E-state index >= 15 is 0 Å². The molecule has 4 aromatic rings. The fraction of sp³-hybridized carbons (Fsp3) is 0.440. The summed E-state index contributed by atoms with van der Waals surface area (Å²) in [6, 6.07) is 10.9. The highest BCUT2D eigenvalue weighted by Crippen LogP contribution is 2.33. The van der Waals surface area contributed by atoms with Crippen LogP contribution < -0.4 is 10.5 Å². The smallest absolute Gasteiger partial charge is 0.252 e. The van der Waals surface area contributed by atoms with Crippen LogP contribution in [0.4, 0.5) is 5.69 Å². The summed E-state index contributed by atoms with van der Waals surface area (Å²) in [5.74, 6) is 0. The van der Waals surface area contributed by atoms with Gasteiger partial charge >= 0.3 is 0 Å². The highest BCUT2D eigenvalue weighted by atomic mass is 32.1. The number of aromatic nitrogens is 4. The van der Waals surface area contributed by atoms with Gasteiger partial charge in [-0.3, -0.25) is 19.4 Å². The molecule has 0 unspecified atom stereocenters. The highest BCUT2D eigenvalue weighted by Gasteiger charge is 2.34. The third-order valence-electron chi connectivity index (χ3n) is 6.96. The lowest BCUT2D eigenvalue weighted by Gasteiger charge is -2.47. The number of fused-ring (bicyclic) bond motifs is 2. The summed E-state index contributed by atoms with van der Waals surface area (Å²) in [5.41, 5.74) is 4.44. The predicted octanol–water partition coefficient (Wildman–Crippen LogP) is 3.84. The molecular weight excluding hydrogens is 446 g/mol. The van der Waals surface area contributed by atoms with Crippen LogP contribution >= 0.6 is 11.3 Å². The average molecular weight is 476 g/mol. The van der Waals surface area contributed by atoms with Crippen LogP contribution in [0.5, 0.6) is 0 Å². The van der Waals surface area contributed by atoms with E-state index in [1.807, 2.05) is 0 Å². The van der Waals surface area contributed by atoms with Gasteiger partial charge in [0.1, 0.15) is 12.1 Å². The zero-order chi connectivity index (χ0) is 24.1. The number of piperazine rings is 1. The van der Waals surface area contributed by atoms with Gasteiger partial charge in [-0.2, -0.15) is 10.4 Å². The molecule has 1 aliphatic heterocycles. The Morgan fingerprint density at radius 3 is 2.79 bits per heavy atom. The summed E-state index contributed by atoms with van der Waals surface area (Å²) in [6.45, 7) is 10.6. The Kier molecular flexibility index (Phi) is 5.66. The zero-order valence-electron chi connectivity index (χ0n) is 20.2. The number of anilines is 1. The number of nitrogens with zero attached hydrogens (tertiary/aromatic N) is 7. The van der Waals surface area contributed by atoms with Gasteiger partial charge in [0.05, 0.1) is 39.4 Å². The summed E-state index contributed by atoms with van der Waals surface area (Å²) in [6.07, 6.45) is 1.78. The Bertz CT molecular complexity index is 1480. The van der Waals surface area contributed by atoms with Crippen molar-refractivity contribution in [3.05, 3.63) is 51.4 Å². The van der Waals surface area contributed by atoms with E-state index in [2.05, 4.69) is 66.9 Å². The number of hydrogen-bond donors (Lipinski definition) is 0. The van der Waals surface area contributed by atoms with Crippen molar-refractivity contribution in [2.75, 3.05) is 18.0 Å². The van der Waals surface area contributed by atoms with Crippen LogP contribution in [-0.4, -0.2) is 49.4 Å². The van der Waals surface area contributed by atoms with E-state index in [1.165, 1.54) is 9.58 Å². The first-order valence-electron chi connectivity index (χ1n) is 11.6. The minimum absolute atomic E-state index is 0.0711. The lowest BCUT2D eigenvalue weighted by molar-refractivity contribution is 0.117. The lowest BCUT2D eigenvalue weighted by Crippen LogP contribution is -2.57. The highest BCUT2D eigenvalue weighted by molar-refractivity contribution is 7.18. The number of aryl methyl sites for hydroxylation is 2. The SMILES string of the molecule is Cc1cc2nc([C@@H](C)N3C[C@H](C)N(c4cc(=O)n(C)c5cn(CC#N)nc45)C[C@H]3C)ccc2s1. The minimum Gasteiger partial charge on any atom is -0.364 e. The van der Waals surface area contributed by atoms with Crippen LogP contribution in [0, 0.1) is 18.3 Å². The van der Waals surface area contributed by atoms with Crippen LogP contribution in [0.1, 0.15) is 37.4 Å². The topological polar surface area (TPSA) is 83.0 Å². The maximum absolute atomic E-state index is 12.7. The molecule has 1 fully saturated rings. The maximum atomic E-state index is 12.7. The fourth-order valence-corrected chi connectivity index (χ4v) is 5.97. The molecule has 3 atom stereocenters. The molecule has 9 heteroatoms. The van der Waals surface area contributed by atoms with Crippen molar-refractivity contribution in [3.63, 3.8) is 0 Å². The Hall–Kier alpha value is -3.22. The van der Waals surface area contributed by atoms with E-state index in [0.29, 0.717) is 0 Å². The second-order valence-electron chi connectivity index (χ2n) is 9.35. The van der Waals surface area contributed by atoms with Crippen LogP contribution in [0.2, 0.25) is 0 Å². The van der Waals surface area contributed by atoms with Crippen molar-refractivity contribution >= 4 is 38.3 Å². The number of nitriles is 1. The first-order valence-corrected chi connectivity index (χ1v) is 12.4. The summed E-state index contributed by atoms with van der Waals surface area (Å²) in [7, 11) is 1.75. The lowest BCUT2D eigenvalue weighted by atomic mass is 10.0. The molecule has 0 saturated carbocycles. The maximum Gasteiger partial charge on any atom is 0.252 e. The van der Waals surface area contributed by atoms with Crippen molar-refractivity contribution in [2.45, 2.75) is 52.4 Å². The Balaban J connectivity index is 1.45. The van der Waals surface area contributed by atoms with Gasteiger partial charge in [0.15, 0.2) is 0 Å². The monoisotopic (exact) mass is 475 g/mol. The summed E-state index contributed by atoms with van der Waals surface area (Å²) in [4.78, 5) is 23.8. The molecular formula is C25H29N7OS. The second kappa shape index (κ2) is 8.53. The third kappa shape index (κ3) is 3.77. The summed E-state index contributed by atoms with van der Waals surface area (Å²) >= 11 is 1.78. The quantitative estimate of drug-likeness (QED) is 0.446. The van der Waals surface area contributed by atoms with E-state index < -0.39 is 0 Å². The van der Waals surface area contributed by atoms with Gasteiger partial charge < -0.3 is 9.47 Å². The molecule has 8 nitrogen and oxygen atoms in total. The molecule has 1 saturated heterocycles. The molecule has 0 aliphatic carbocycles.